The fraction of sp³-hybridized carbons (Fsp3) is 0.625. The van der Waals surface area contributed by atoms with Crippen molar-refractivity contribution in [1.82, 2.24) is 0 Å². The molecule has 0 radical (unpaired) electrons. The first kappa shape index (κ1) is 12.3. The molecule has 0 aromatic rings. The molecule has 0 aromatic heterocycles. The molecule has 76 valence electrons. The van der Waals surface area contributed by atoms with Crippen molar-refractivity contribution in [3.05, 3.63) is 11.0 Å². The number of unbranched alkanes of at least 4 members (excludes halogenated alkanes) is 2. The molecule has 0 atom stereocenters. The fourth-order valence-electron chi connectivity index (χ4n) is 0.916. The van der Waals surface area contributed by atoms with Crippen molar-refractivity contribution < 1.29 is 17.8 Å². The molecule has 0 aliphatic rings. The van der Waals surface area contributed by atoms with Crippen molar-refractivity contribution in [3.8, 4) is 0 Å². The molecule has 0 fully saturated rings. The van der Waals surface area contributed by atoms with E-state index in [-0.39, 0.29) is 5.57 Å². The number of rotatable bonds is 6. The van der Waals surface area contributed by atoms with E-state index in [2.05, 4.69) is 0 Å². The Bertz CT molecular complexity index is 277. The van der Waals surface area contributed by atoms with Crippen LogP contribution in [0, 0.1) is 0 Å². The lowest BCUT2D eigenvalue weighted by Gasteiger charge is -1.97. The zero-order valence-corrected chi connectivity index (χ0v) is 8.38. The number of carbonyl (C=O) groups excluding carboxylic acids is 1. The van der Waals surface area contributed by atoms with Crippen LogP contribution in [-0.4, -0.2) is 19.3 Å². The molecule has 0 spiro atoms. The van der Waals surface area contributed by atoms with Crippen LogP contribution in [0.25, 0.3) is 0 Å². The second kappa shape index (κ2) is 5.88. The van der Waals surface area contributed by atoms with Gasteiger partial charge in [-0.15, -0.1) is 0 Å². The quantitative estimate of drug-likeness (QED) is 0.309. The molecule has 0 bridgehead atoms. The van der Waals surface area contributed by atoms with Gasteiger partial charge in [0.25, 0.3) is 10.1 Å². The first-order valence-corrected chi connectivity index (χ1v) is 5.63. The molecule has 0 aromatic carbocycles. The van der Waals surface area contributed by atoms with Gasteiger partial charge in [-0.1, -0.05) is 19.8 Å². The third kappa shape index (κ3) is 7.67. The summed E-state index contributed by atoms with van der Waals surface area (Å²) in [4.78, 5) is 10.3. The van der Waals surface area contributed by atoms with Gasteiger partial charge in [0.1, 0.15) is 6.29 Å². The first-order chi connectivity index (χ1) is 5.99. The summed E-state index contributed by atoms with van der Waals surface area (Å²) in [7, 11) is -4.17. The highest BCUT2D eigenvalue weighted by molar-refractivity contribution is 7.88. The van der Waals surface area contributed by atoms with Crippen molar-refractivity contribution in [2.75, 3.05) is 0 Å². The van der Waals surface area contributed by atoms with Gasteiger partial charge in [-0.25, -0.2) is 0 Å². The molecule has 0 unspecified atom stereocenters. The highest BCUT2D eigenvalue weighted by atomic mass is 32.2. The van der Waals surface area contributed by atoms with Gasteiger partial charge in [-0.05, 0) is 12.8 Å². The molecule has 4 nitrogen and oxygen atoms in total. The Balaban J connectivity index is 4.19. The Morgan fingerprint density at radius 1 is 1.38 bits per heavy atom. The maximum Gasteiger partial charge on any atom is 0.287 e. The highest BCUT2D eigenvalue weighted by Gasteiger charge is 2.03. The van der Waals surface area contributed by atoms with Crippen LogP contribution in [0.2, 0.25) is 0 Å². The van der Waals surface area contributed by atoms with Gasteiger partial charge in [0.15, 0.2) is 0 Å². The summed E-state index contributed by atoms with van der Waals surface area (Å²) in [5.41, 5.74) is 0.121. The molecule has 0 aliphatic carbocycles. The second-order valence-corrected chi connectivity index (χ2v) is 4.05. The molecule has 0 saturated carbocycles. The lowest BCUT2D eigenvalue weighted by atomic mass is 10.1. The van der Waals surface area contributed by atoms with E-state index in [1.165, 1.54) is 0 Å². The van der Waals surface area contributed by atoms with E-state index in [9.17, 15) is 13.2 Å². The Kier molecular flexibility index (Phi) is 5.57. The zero-order valence-electron chi connectivity index (χ0n) is 7.56. The SMILES string of the molecule is CCCCCC(C=O)=CS(=O)(=O)O. The molecule has 13 heavy (non-hydrogen) atoms. The molecular weight excluding hydrogens is 192 g/mol. The monoisotopic (exact) mass is 206 g/mol. The highest BCUT2D eigenvalue weighted by Crippen LogP contribution is 2.07. The average molecular weight is 206 g/mol. The molecule has 5 heteroatoms. The lowest BCUT2D eigenvalue weighted by Crippen LogP contribution is -1.95. The summed E-state index contributed by atoms with van der Waals surface area (Å²) in [6, 6.07) is 0. The van der Waals surface area contributed by atoms with Crippen LogP contribution in [0.15, 0.2) is 11.0 Å². The van der Waals surface area contributed by atoms with Crippen LogP contribution in [0.5, 0.6) is 0 Å². The third-order valence-corrected chi connectivity index (χ3v) is 2.12. The zero-order chi connectivity index (χ0) is 10.3. The normalized spacial score (nSPS) is 12.9. The summed E-state index contributed by atoms with van der Waals surface area (Å²) in [5.74, 6) is 0. The smallest absolute Gasteiger partial charge is 0.287 e. The van der Waals surface area contributed by atoms with E-state index in [4.69, 9.17) is 4.55 Å². The van der Waals surface area contributed by atoms with Gasteiger partial charge in [0, 0.05) is 5.57 Å². The van der Waals surface area contributed by atoms with E-state index in [1.807, 2.05) is 6.92 Å². The number of aldehydes is 1. The van der Waals surface area contributed by atoms with Gasteiger partial charge >= 0.3 is 0 Å². The average Bonchev–Trinajstić information content (AvgIpc) is 2.01. The maximum atomic E-state index is 10.4. The van der Waals surface area contributed by atoms with Crippen molar-refractivity contribution in [2.24, 2.45) is 0 Å². The number of hydrogen-bond donors (Lipinski definition) is 1. The molecular formula is C8H14O4S. The van der Waals surface area contributed by atoms with Crippen LogP contribution in [0.1, 0.15) is 32.6 Å². The maximum absolute atomic E-state index is 10.4. The molecule has 1 N–H and O–H groups in total. The van der Waals surface area contributed by atoms with E-state index in [1.54, 1.807) is 0 Å². The summed E-state index contributed by atoms with van der Waals surface area (Å²) in [6.07, 6.45) is 3.56. The van der Waals surface area contributed by atoms with E-state index < -0.39 is 10.1 Å². The predicted molar refractivity (Wildman–Crippen MR) is 49.8 cm³/mol. The van der Waals surface area contributed by atoms with Gasteiger partial charge in [-0.2, -0.15) is 8.42 Å². The largest absolute Gasteiger partial charge is 0.298 e. The van der Waals surface area contributed by atoms with Crippen molar-refractivity contribution in [2.45, 2.75) is 32.6 Å². The summed E-state index contributed by atoms with van der Waals surface area (Å²) in [5, 5.41) is 0.607. The Morgan fingerprint density at radius 3 is 2.38 bits per heavy atom. The van der Waals surface area contributed by atoms with Gasteiger partial charge in [-0.3, -0.25) is 9.35 Å². The minimum absolute atomic E-state index is 0.121. The number of hydrogen-bond acceptors (Lipinski definition) is 3. The molecule has 0 aliphatic heterocycles. The van der Waals surface area contributed by atoms with Crippen LogP contribution < -0.4 is 0 Å². The molecule has 0 heterocycles. The van der Waals surface area contributed by atoms with Crippen LogP contribution in [0.4, 0.5) is 0 Å². The number of allylic oxidation sites excluding steroid dienone is 1. The van der Waals surface area contributed by atoms with Crippen molar-refractivity contribution in [1.29, 1.82) is 0 Å². The number of carbonyl (C=O) groups is 1. The van der Waals surface area contributed by atoms with E-state index >= 15 is 0 Å². The van der Waals surface area contributed by atoms with Gasteiger partial charge < -0.3 is 0 Å². The Labute approximate surface area is 78.4 Å². The fourth-order valence-corrected chi connectivity index (χ4v) is 1.47. The third-order valence-electron chi connectivity index (χ3n) is 1.52. The predicted octanol–water partition coefficient (Wildman–Crippen LogP) is 1.54. The van der Waals surface area contributed by atoms with E-state index in [0.717, 1.165) is 19.3 Å². The van der Waals surface area contributed by atoms with E-state index in [0.29, 0.717) is 18.1 Å². The summed E-state index contributed by atoms with van der Waals surface area (Å²) < 4.78 is 29.1. The summed E-state index contributed by atoms with van der Waals surface area (Å²) >= 11 is 0. The van der Waals surface area contributed by atoms with Crippen molar-refractivity contribution >= 4 is 16.4 Å². The topological polar surface area (TPSA) is 71.4 Å². The minimum Gasteiger partial charge on any atom is -0.298 e. The van der Waals surface area contributed by atoms with Gasteiger partial charge in [0.05, 0.1) is 5.41 Å². The van der Waals surface area contributed by atoms with Crippen LogP contribution in [0.3, 0.4) is 0 Å². The molecule has 0 amide bonds. The van der Waals surface area contributed by atoms with Gasteiger partial charge in [0.2, 0.25) is 0 Å². The van der Waals surface area contributed by atoms with Crippen molar-refractivity contribution in [3.63, 3.8) is 0 Å². The Hall–Kier alpha value is -0.680. The Morgan fingerprint density at radius 2 is 2.00 bits per heavy atom. The van der Waals surface area contributed by atoms with Crippen LogP contribution in [-0.2, 0) is 14.9 Å². The molecule has 0 rings (SSSR count). The molecule has 0 saturated heterocycles. The minimum atomic E-state index is -4.17. The second-order valence-electron chi connectivity index (χ2n) is 2.78. The lowest BCUT2D eigenvalue weighted by molar-refractivity contribution is -0.105. The standard InChI is InChI=1S/C8H14O4S/c1-2-3-4-5-8(6-9)7-13(10,11)12/h6-7H,2-5H2,1H3,(H,10,11,12). The summed E-state index contributed by atoms with van der Waals surface area (Å²) in [6.45, 7) is 2.01. The van der Waals surface area contributed by atoms with Crippen LogP contribution >= 0.6 is 0 Å². The first-order valence-electron chi connectivity index (χ1n) is 4.13.